The van der Waals surface area contributed by atoms with E-state index < -0.39 is 0 Å². The van der Waals surface area contributed by atoms with Crippen molar-refractivity contribution in [2.24, 2.45) is 13.0 Å². The van der Waals surface area contributed by atoms with Crippen molar-refractivity contribution in [1.29, 1.82) is 0 Å². The highest BCUT2D eigenvalue weighted by Crippen LogP contribution is 2.35. The number of likely N-dealkylation sites (tertiary alicyclic amines) is 1. The summed E-state index contributed by atoms with van der Waals surface area (Å²) in [5, 5.41) is 13.3. The van der Waals surface area contributed by atoms with Crippen LogP contribution in [0.1, 0.15) is 30.4 Å². The van der Waals surface area contributed by atoms with E-state index in [1.807, 2.05) is 37.0 Å². The number of anilines is 1. The molecule has 138 valence electrons. The van der Waals surface area contributed by atoms with Gasteiger partial charge in [0.15, 0.2) is 11.5 Å². The molecule has 0 aromatic carbocycles. The number of piperidine rings is 1. The van der Waals surface area contributed by atoms with Crippen molar-refractivity contribution in [2.45, 2.75) is 25.8 Å². The van der Waals surface area contributed by atoms with Crippen molar-refractivity contribution >= 4 is 11.5 Å². The molecule has 8 heteroatoms. The summed E-state index contributed by atoms with van der Waals surface area (Å²) < 4.78 is 3.62. The van der Waals surface area contributed by atoms with Crippen LogP contribution in [-0.4, -0.2) is 61.7 Å². The second kappa shape index (κ2) is 6.68. The molecule has 0 aliphatic carbocycles. The molecule has 26 heavy (non-hydrogen) atoms. The molecule has 8 nitrogen and oxygen atoms in total. The maximum Gasteiger partial charge on any atom is 0.176 e. The van der Waals surface area contributed by atoms with E-state index in [9.17, 15) is 0 Å². The zero-order valence-corrected chi connectivity index (χ0v) is 15.9. The van der Waals surface area contributed by atoms with Gasteiger partial charge in [0.2, 0.25) is 0 Å². The molecule has 1 saturated heterocycles. The minimum atomic E-state index is 0.371. The minimum absolute atomic E-state index is 0.371. The molecular weight excluding hydrogens is 328 g/mol. The molecule has 4 heterocycles. The van der Waals surface area contributed by atoms with Gasteiger partial charge in [-0.05, 0) is 57.5 Å². The maximum absolute atomic E-state index is 4.62. The number of rotatable bonds is 4. The Hall–Kier alpha value is -2.48. The lowest BCUT2D eigenvalue weighted by molar-refractivity contribution is 0.118. The van der Waals surface area contributed by atoms with Crippen molar-refractivity contribution in [3.8, 4) is 0 Å². The van der Waals surface area contributed by atoms with Crippen molar-refractivity contribution < 1.29 is 0 Å². The van der Waals surface area contributed by atoms with Gasteiger partial charge in [0, 0.05) is 26.8 Å². The van der Waals surface area contributed by atoms with Gasteiger partial charge in [0.25, 0.3) is 0 Å². The van der Waals surface area contributed by atoms with E-state index in [4.69, 9.17) is 0 Å². The fourth-order valence-corrected chi connectivity index (χ4v) is 4.12. The monoisotopic (exact) mass is 354 g/mol. The van der Waals surface area contributed by atoms with Crippen LogP contribution in [0.4, 0.5) is 5.82 Å². The zero-order valence-electron chi connectivity index (χ0n) is 15.9. The average Bonchev–Trinajstić information content (AvgIpc) is 3.18. The number of aromatic nitrogens is 6. The molecule has 1 fully saturated rings. The number of hydrogen-bond donors (Lipinski definition) is 0. The zero-order chi connectivity index (χ0) is 18.3. The van der Waals surface area contributed by atoms with Gasteiger partial charge in [-0.15, -0.1) is 14.8 Å². The average molecular weight is 354 g/mol. The third-order valence-corrected chi connectivity index (χ3v) is 5.37. The predicted octanol–water partition coefficient (Wildman–Crippen LogP) is 1.69. The number of nitrogens with zero attached hydrogens (tertiary/aromatic N) is 8. The van der Waals surface area contributed by atoms with Crippen LogP contribution in [0.2, 0.25) is 0 Å². The first kappa shape index (κ1) is 17.0. The minimum Gasteiger partial charge on any atom is -0.358 e. The third-order valence-electron chi connectivity index (χ3n) is 5.37. The quantitative estimate of drug-likeness (QED) is 0.710. The molecule has 0 saturated carbocycles. The summed E-state index contributed by atoms with van der Waals surface area (Å²) in [4.78, 5) is 9.03. The van der Waals surface area contributed by atoms with Crippen molar-refractivity contribution in [2.75, 3.05) is 32.1 Å². The normalized spacial score (nSPS) is 21.4. The largest absolute Gasteiger partial charge is 0.358 e. The molecule has 0 N–H and O–H groups in total. The van der Waals surface area contributed by atoms with E-state index in [1.165, 1.54) is 18.5 Å². The first-order valence-corrected chi connectivity index (χ1v) is 9.13. The van der Waals surface area contributed by atoms with Crippen LogP contribution < -0.4 is 4.90 Å². The molecule has 0 radical (unpaired) electrons. The van der Waals surface area contributed by atoms with E-state index in [2.05, 4.69) is 50.2 Å². The van der Waals surface area contributed by atoms with Crippen molar-refractivity contribution in [1.82, 2.24) is 34.5 Å². The number of aryl methyl sites for hydroxylation is 2. The molecular formula is C18H26N8. The topological polar surface area (TPSA) is 67.4 Å². The van der Waals surface area contributed by atoms with E-state index in [-0.39, 0.29) is 0 Å². The molecule has 3 aromatic heterocycles. The van der Waals surface area contributed by atoms with Gasteiger partial charge in [-0.3, -0.25) is 9.58 Å². The Morgan fingerprint density at radius 1 is 1.19 bits per heavy atom. The van der Waals surface area contributed by atoms with Crippen LogP contribution in [0.5, 0.6) is 0 Å². The Morgan fingerprint density at radius 3 is 2.81 bits per heavy atom. The van der Waals surface area contributed by atoms with Crippen LogP contribution in [0.15, 0.2) is 24.4 Å². The molecule has 4 rings (SSSR count). The van der Waals surface area contributed by atoms with Gasteiger partial charge < -0.3 is 4.90 Å². The van der Waals surface area contributed by atoms with Gasteiger partial charge >= 0.3 is 0 Å². The Kier molecular flexibility index (Phi) is 4.36. The Labute approximate surface area is 153 Å². The second-order valence-electron chi connectivity index (χ2n) is 7.29. The molecule has 0 spiro atoms. The second-order valence-corrected chi connectivity index (χ2v) is 7.29. The highest BCUT2D eigenvalue weighted by molar-refractivity contribution is 5.44. The Morgan fingerprint density at radius 2 is 2.04 bits per heavy atom. The molecule has 0 amide bonds. The van der Waals surface area contributed by atoms with Gasteiger partial charge in [0.05, 0.1) is 11.7 Å². The van der Waals surface area contributed by atoms with E-state index in [1.54, 1.807) is 4.63 Å². The lowest BCUT2D eigenvalue weighted by atomic mass is 9.87. The first-order chi connectivity index (χ1) is 12.5. The summed E-state index contributed by atoms with van der Waals surface area (Å²) in [7, 11) is 6.35. The molecule has 2 atom stereocenters. The van der Waals surface area contributed by atoms with Gasteiger partial charge in [-0.25, -0.2) is 4.98 Å². The van der Waals surface area contributed by atoms with Crippen LogP contribution in [0.25, 0.3) is 5.65 Å². The van der Waals surface area contributed by atoms with Crippen LogP contribution in [-0.2, 0) is 7.05 Å². The van der Waals surface area contributed by atoms with Crippen LogP contribution >= 0.6 is 0 Å². The highest BCUT2D eigenvalue weighted by Gasteiger charge is 2.33. The first-order valence-electron chi connectivity index (χ1n) is 9.13. The fraction of sp³-hybridized carbons (Fsp3) is 0.556. The summed E-state index contributed by atoms with van der Waals surface area (Å²) >= 11 is 0. The molecule has 0 unspecified atom stereocenters. The highest BCUT2D eigenvalue weighted by atomic mass is 15.5. The van der Waals surface area contributed by atoms with Crippen LogP contribution in [0, 0.1) is 12.8 Å². The summed E-state index contributed by atoms with van der Waals surface area (Å²) in [5.41, 5.74) is 2.06. The summed E-state index contributed by atoms with van der Waals surface area (Å²) in [6, 6.07) is 6.51. The summed E-state index contributed by atoms with van der Waals surface area (Å²) in [5.74, 6) is 2.17. The summed E-state index contributed by atoms with van der Waals surface area (Å²) in [6.07, 6.45) is 4.31. The number of hydrogen-bond acceptors (Lipinski definition) is 6. The fourth-order valence-electron chi connectivity index (χ4n) is 4.12. The lowest BCUT2D eigenvalue weighted by Crippen LogP contribution is -2.42. The van der Waals surface area contributed by atoms with Crippen molar-refractivity contribution in [3.05, 3.63) is 35.9 Å². The molecule has 1 aliphatic rings. The Balaban J connectivity index is 1.57. The van der Waals surface area contributed by atoms with E-state index in [0.29, 0.717) is 12.0 Å². The van der Waals surface area contributed by atoms with Gasteiger partial charge in [-0.2, -0.15) is 5.10 Å². The molecule has 0 bridgehead atoms. The third kappa shape index (κ3) is 3.05. The van der Waals surface area contributed by atoms with Crippen LogP contribution in [0.3, 0.4) is 0 Å². The lowest BCUT2D eigenvalue weighted by Gasteiger charge is -2.40. The van der Waals surface area contributed by atoms with Gasteiger partial charge in [0.1, 0.15) is 5.82 Å². The molecule has 1 aliphatic heterocycles. The molecule has 3 aromatic rings. The van der Waals surface area contributed by atoms with E-state index >= 15 is 0 Å². The SMILES string of the molecule is Cc1nc2ccc(N(C)C[C@@H]3CCCN(C)[C@H]3c3ccnn3C)nn2n1. The van der Waals surface area contributed by atoms with Crippen molar-refractivity contribution in [3.63, 3.8) is 0 Å². The maximum atomic E-state index is 4.62. The Bertz CT molecular complexity index is 898. The summed E-state index contributed by atoms with van der Waals surface area (Å²) in [6.45, 7) is 3.94. The predicted molar refractivity (Wildman–Crippen MR) is 100 cm³/mol. The van der Waals surface area contributed by atoms with Gasteiger partial charge in [-0.1, -0.05) is 0 Å². The standard InChI is InChI=1S/C18H26N8/c1-13-20-16-7-8-17(22-26(16)21-13)24(3)12-14-6-5-11-23(2)18(14)15-9-10-19-25(15)4/h7-10,14,18H,5-6,11-12H2,1-4H3/t14-,18+/m0/s1. The number of fused-ring (bicyclic) bond motifs is 1. The smallest absolute Gasteiger partial charge is 0.176 e. The van der Waals surface area contributed by atoms with E-state index in [0.717, 1.165) is 30.4 Å².